The molecule has 0 aromatic heterocycles. The minimum absolute atomic E-state index is 0.000808. The smallest absolute Gasteiger partial charge is 0.416 e. The molecule has 0 aliphatic carbocycles. The second-order valence-corrected chi connectivity index (χ2v) is 7.46. The Kier molecular flexibility index (Phi) is 5.57. The van der Waals surface area contributed by atoms with Crippen molar-refractivity contribution >= 4 is 26.5 Å². The van der Waals surface area contributed by atoms with Crippen LogP contribution in [0.5, 0.6) is 0 Å². The number of aliphatic carboxylic acids is 1. The number of hydrogen-bond donors (Lipinski definition) is 1. The Morgan fingerprint density at radius 2 is 1.88 bits per heavy atom. The Morgan fingerprint density at radius 3 is 2.35 bits per heavy atom. The maximum absolute atomic E-state index is 12.7. The highest BCUT2D eigenvalue weighted by Crippen LogP contribution is 2.34. The Labute approximate surface area is 156 Å². The minimum atomic E-state index is -4.44. The molecular formula is C17H18BrF3N2O3. The number of carboxylic acid groups (broad SMARTS) is 1. The molecule has 0 amide bonds. The minimum Gasteiger partial charge on any atom is -0.480 e. The van der Waals surface area contributed by atoms with Gasteiger partial charge < -0.3 is 9.94 Å². The summed E-state index contributed by atoms with van der Waals surface area (Å²) < 4.78 is 38.9. The summed E-state index contributed by atoms with van der Waals surface area (Å²) in [4.78, 5) is 18.9. The number of carbonyl (C=O) groups is 1. The average molecular weight is 435 g/mol. The third-order valence-corrected chi connectivity index (χ3v) is 5.38. The van der Waals surface area contributed by atoms with E-state index in [0.29, 0.717) is 25.1 Å². The summed E-state index contributed by atoms with van der Waals surface area (Å²) in [6.45, 7) is 1.08. The van der Waals surface area contributed by atoms with Gasteiger partial charge in [0.25, 0.3) is 0 Å². The van der Waals surface area contributed by atoms with E-state index >= 15 is 0 Å². The van der Waals surface area contributed by atoms with Crippen LogP contribution in [-0.4, -0.2) is 39.8 Å². The van der Waals surface area contributed by atoms with Crippen molar-refractivity contribution in [2.24, 2.45) is 11.1 Å². The number of carboxylic acids is 1. The van der Waals surface area contributed by atoms with Crippen molar-refractivity contribution in [3.8, 4) is 0 Å². The van der Waals surface area contributed by atoms with Crippen LogP contribution in [0.2, 0.25) is 0 Å². The van der Waals surface area contributed by atoms with Gasteiger partial charge in [-0.3, -0.25) is 9.69 Å². The SMILES string of the molecule is O=C(O)[C@@H](c1ccc(C(F)(F)F)cc1)N1CCC(C2CC(Br)=NO2)CC1. The van der Waals surface area contributed by atoms with E-state index in [4.69, 9.17) is 4.84 Å². The summed E-state index contributed by atoms with van der Waals surface area (Å²) in [5.41, 5.74) is -0.430. The van der Waals surface area contributed by atoms with E-state index in [-0.39, 0.29) is 12.0 Å². The highest BCUT2D eigenvalue weighted by atomic mass is 79.9. The van der Waals surface area contributed by atoms with Gasteiger partial charge in [0.2, 0.25) is 0 Å². The molecule has 0 saturated carbocycles. The molecule has 2 heterocycles. The summed E-state index contributed by atoms with van der Waals surface area (Å²) in [5.74, 6) is -0.779. The van der Waals surface area contributed by atoms with Crippen molar-refractivity contribution in [3.05, 3.63) is 35.4 Å². The third kappa shape index (κ3) is 4.20. The number of piperidine rings is 1. The van der Waals surface area contributed by atoms with Gasteiger partial charge in [0.1, 0.15) is 16.8 Å². The van der Waals surface area contributed by atoms with E-state index in [1.807, 2.05) is 0 Å². The molecule has 1 aromatic rings. The monoisotopic (exact) mass is 434 g/mol. The van der Waals surface area contributed by atoms with Gasteiger partial charge in [-0.15, -0.1) is 0 Å². The van der Waals surface area contributed by atoms with Crippen LogP contribution in [0.1, 0.15) is 36.4 Å². The molecule has 1 N–H and O–H groups in total. The number of halogens is 4. The van der Waals surface area contributed by atoms with Gasteiger partial charge in [-0.05, 0) is 59.6 Å². The number of nitrogens with zero attached hydrogens (tertiary/aromatic N) is 2. The van der Waals surface area contributed by atoms with Crippen LogP contribution in [0.3, 0.4) is 0 Å². The molecule has 1 aromatic carbocycles. The van der Waals surface area contributed by atoms with Gasteiger partial charge in [-0.25, -0.2) is 0 Å². The van der Waals surface area contributed by atoms with E-state index in [9.17, 15) is 23.1 Å². The molecule has 5 nitrogen and oxygen atoms in total. The first-order valence-electron chi connectivity index (χ1n) is 8.28. The standard InChI is InChI=1S/C17H18BrF3N2O3/c18-14-9-13(26-22-14)10-5-7-23(8-6-10)15(16(24)25)11-1-3-12(4-2-11)17(19,20)21/h1-4,10,13,15H,5-9H2,(H,24,25)/t13?,15-/m1/s1. The number of benzene rings is 1. The topological polar surface area (TPSA) is 62.1 Å². The van der Waals surface area contributed by atoms with Crippen molar-refractivity contribution in [2.75, 3.05) is 13.1 Å². The molecule has 2 aliphatic heterocycles. The van der Waals surface area contributed by atoms with Crippen molar-refractivity contribution in [1.82, 2.24) is 4.90 Å². The van der Waals surface area contributed by atoms with Crippen molar-refractivity contribution < 1.29 is 27.9 Å². The Morgan fingerprint density at radius 1 is 1.27 bits per heavy atom. The molecule has 142 valence electrons. The zero-order chi connectivity index (χ0) is 18.9. The highest BCUT2D eigenvalue weighted by molar-refractivity contribution is 9.18. The van der Waals surface area contributed by atoms with Crippen molar-refractivity contribution in [1.29, 1.82) is 0 Å². The molecule has 0 bridgehead atoms. The number of hydrogen-bond acceptors (Lipinski definition) is 4. The molecule has 26 heavy (non-hydrogen) atoms. The largest absolute Gasteiger partial charge is 0.480 e. The molecule has 3 rings (SSSR count). The van der Waals surface area contributed by atoms with Crippen LogP contribution >= 0.6 is 15.9 Å². The molecule has 0 radical (unpaired) electrons. The molecular weight excluding hydrogens is 417 g/mol. The lowest BCUT2D eigenvalue weighted by Gasteiger charge is -2.37. The Balaban J connectivity index is 1.67. The van der Waals surface area contributed by atoms with Crippen LogP contribution in [0.25, 0.3) is 0 Å². The zero-order valence-electron chi connectivity index (χ0n) is 13.7. The van der Waals surface area contributed by atoms with Gasteiger partial charge in [-0.1, -0.05) is 17.3 Å². The fourth-order valence-electron chi connectivity index (χ4n) is 3.53. The second-order valence-electron chi connectivity index (χ2n) is 6.55. The molecule has 1 saturated heterocycles. The van der Waals surface area contributed by atoms with E-state index < -0.39 is 23.8 Å². The number of likely N-dealkylation sites (tertiary alicyclic amines) is 1. The Hall–Kier alpha value is -1.61. The highest BCUT2D eigenvalue weighted by Gasteiger charge is 2.36. The molecule has 2 atom stereocenters. The van der Waals surface area contributed by atoms with Crippen LogP contribution in [0.15, 0.2) is 29.4 Å². The van der Waals surface area contributed by atoms with E-state index in [0.717, 1.165) is 29.6 Å². The second kappa shape index (κ2) is 7.56. The first-order valence-corrected chi connectivity index (χ1v) is 9.07. The zero-order valence-corrected chi connectivity index (χ0v) is 15.3. The first kappa shape index (κ1) is 19.2. The molecule has 0 spiro atoms. The van der Waals surface area contributed by atoms with Gasteiger partial charge in [0.05, 0.1) is 5.56 Å². The van der Waals surface area contributed by atoms with Crippen LogP contribution in [0, 0.1) is 5.92 Å². The normalized spacial score (nSPS) is 23.4. The van der Waals surface area contributed by atoms with E-state index in [1.165, 1.54) is 12.1 Å². The van der Waals surface area contributed by atoms with E-state index in [1.54, 1.807) is 4.90 Å². The summed E-state index contributed by atoms with van der Waals surface area (Å²) in [5, 5.41) is 13.5. The average Bonchev–Trinajstić information content (AvgIpc) is 3.01. The lowest BCUT2D eigenvalue weighted by Crippen LogP contribution is -2.42. The molecule has 9 heteroatoms. The number of alkyl halides is 3. The molecule has 2 aliphatic rings. The fraction of sp³-hybridized carbons (Fsp3) is 0.529. The molecule has 1 unspecified atom stereocenters. The third-order valence-electron chi connectivity index (χ3n) is 4.91. The van der Waals surface area contributed by atoms with E-state index in [2.05, 4.69) is 21.1 Å². The summed E-state index contributed by atoms with van der Waals surface area (Å²) >= 11 is 3.31. The molecule has 1 fully saturated rings. The van der Waals surface area contributed by atoms with Crippen LogP contribution < -0.4 is 0 Å². The first-order chi connectivity index (χ1) is 12.3. The predicted molar refractivity (Wildman–Crippen MR) is 92.0 cm³/mol. The van der Waals surface area contributed by atoms with Crippen molar-refractivity contribution in [2.45, 2.75) is 37.6 Å². The fourth-order valence-corrected chi connectivity index (χ4v) is 3.93. The van der Waals surface area contributed by atoms with Gasteiger partial charge >= 0.3 is 12.1 Å². The summed E-state index contributed by atoms with van der Waals surface area (Å²) in [6, 6.07) is 3.40. The summed E-state index contributed by atoms with van der Waals surface area (Å²) in [6.07, 6.45) is -2.21. The lowest BCUT2D eigenvalue weighted by molar-refractivity contribution is -0.144. The van der Waals surface area contributed by atoms with Gasteiger partial charge in [0.15, 0.2) is 0 Å². The van der Waals surface area contributed by atoms with Gasteiger partial charge in [-0.2, -0.15) is 13.2 Å². The van der Waals surface area contributed by atoms with Crippen LogP contribution in [-0.2, 0) is 15.8 Å². The van der Waals surface area contributed by atoms with Crippen molar-refractivity contribution in [3.63, 3.8) is 0 Å². The number of rotatable bonds is 4. The number of oxime groups is 1. The predicted octanol–water partition coefficient (Wildman–Crippen LogP) is 4.04. The lowest BCUT2D eigenvalue weighted by atomic mass is 9.88. The Bertz CT molecular complexity index is 685. The van der Waals surface area contributed by atoms with Gasteiger partial charge in [0, 0.05) is 12.3 Å². The summed E-state index contributed by atoms with van der Waals surface area (Å²) in [7, 11) is 0. The van der Waals surface area contributed by atoms with Crippen LogP contribution in [0.4, 0.5) is 13.2 Å². The maximum Gasteiger partial charge on any atom is 0.416 e. The maximum atomic E-state index is 12.7. The quantitative estimate of drug-likeness (QED) is 0.776.